The van der Waals surface area contributed by atoms with E-state index in [2.05, 4.69) is 70.4 Å². The number of thioether (sulfide) groups is 1. The largest absolute Gasteiger partial charge is 0.361 e. The molecule has 2 heterocycles. The van der Waals surface area contributed by atoms with Gasteiger partial charge in [0.2, 0.25) is 5.69 Å². The number of benzene rings is 2. The summed E-state index contributed by atoms with van der Waals surface area (Å²) in [6, 6.07) is 21.2. The molecule has 1 N–H and O–H groups in total. The quantitative estimate of drug-likeness (QED) is 0.688. The molecule has 0 spiro atoms. The van der Waals surface area contributed by atoms with Crippen LogP contribution in [-0.2, 0) is 0 Å². The number of hydrogen-bond donors (Lipinski definition) is 1. The molecule has 0 bridgehead atoms. The average molecular weight is 291 g/mol. The summed E-state index contributed by atoms with van der Waals surface area (Å²) in [7, 11) is 0. The second-order valence-electron chi connectivity index (χ2n) is 5.02. The molecule has 0 radical (unpaired) electrons. The predicted molar refractivity (Wildman–Crippen MR) is 88.5 cm³/mol. The van der Waals surface area contributed by atoms with Gasteiger partial charge in [-0.15, -0.1) is 0 Å². The van der Waals surface area contributed by atoms with Crippen molar-refractivity contribution in [1.82, 2.24) is 4.98 Å². The number of hydrogen-bond acceptors (Lipinski definition) is 1. The Bertz CT molecular complexity index is 789. The van der Waals surface area contributed by atoms with Crippen LogP contribution in [0.3, 0.4) is 0 Å². The molecule has 0 fully saturated rings. The number of fused-ring (bicyclic) bond motifs is 1. The van der Waals surface area contributed by atoms with Crippen LogP contribution in [0.25, 0.3) is 11.3 Å². The van der Waals surface area contributed by atoms with E-state index in [9.17, 15) is 0 Å². The van der Waals surface area contributed by atoms with Crippen molar-refractivity contribution in [3.05, 3.63) is 72.4 Å². The maximum Gasteiger partial charge on any atom is 0.205 e. The summed E-state index contributed by atoms with van der Waals surface area (Å²) in [4.78, 5) is 4.66. The fraction of sp³-hybridized carbons (Fsp3) is 0.0556. The highest BCUT2D eigenvalue weighted by Gasteiger charge is 2.21. The van der Waals surface area contributed by atoms with Gasteiger partial charge in [0.05, 0.1) is 5.56 Å². The first-order valence-electron chi connectivity index (χ1n) is 6.98. The number of nitrogens with one attached hydrogen (secondary N) is 1. The van der Waals surface area contributed by atoms with Crippen LogP contribution in [0.5, 0.6) is 0 Å². The monoisotopic (exact) mass is 291 g/mol. The molecule has 0 unspecified atom stereocenters. The van der Waals surface area contributed by atoms with Gasteiger partial charge in [0.15, 0.2) is 12.1 Å². The molecular weight excluding hydrogens is 276 g/mol. The minimum absolute atomic E-state index is 0.939. The third-order valence-electron chi connectivity index (χ3n) is 3.66. The molecule has 2 nitrogen and oxygen atoms in total. The molecule has 102 valence electrons. The molecule has 21 heavy (non-hydrogen) atoms. The summed E-state index contributed by atoms with van der Waals surface area (Å²) < 4.78 is 2.30. The summed E-state index contributed by atoms with van der Waals surface area (Å²) in [5, 5.41) is 0. The molecule has 3 aromatic rings. The Morgan fingerprint density at radius 1 is 0.905 bits per heavy atom. The van der Waals surface area contributed by atoms with Gasteiger partial charge in [-0.2, -0.15) is 4.58 Å². The summed E-state index contributed by atoms with van der Waals surface area (Å²) >= 11 is 1.89. The van der Waals surface area contributed by atoms with Crippen molar-refractivity contribution in [3.8, 4) is 11.3 Å². The van der Waals surface area contributed by atoms with Gasteiger partial charge in [-0.25, -0.2) is 0 Å². The third kappa shape index (κ3) is 2.30. The van der Waals surface area contributed by atoms with Gasteiger partial charge in [0, 0.05) is 34.5 Å². The Morgan fingerprint density at radius 3 is 2.62 bits per heavy atom. The molecule has 0 amide bonds. The third-order valence-corrected chi connectivity index (χ3v) is 4.82. The SMILES string of the molecule is C1=[N+](c2ccccc2)CSc2c1cccc2-c1ccc[nH]1. The van der Waals surface area contributed by atoms with Gasteiger partial charge in [0.25, 0.3) is 0 Å². The Labute approximate surface area is 128 Å². The highest BCUT2D eigenvalue weighted by Crippen LogP contribution is 2.36. The molecule has 0 aliphatic carbocycles. The molecular formula is C18H15N2S+. The van der Waals surface area contributed by atoms with Crippen molar-refractivity contribution in [2.45, 2.75) is 4.90 Å². The number of H-pyrrole nitrogens is 1. The van der Waals surface area contributed by atoms with Crippen LogP contribution < -0.4 is 0 Å². The Morgan fingerprint density at radius 2 is 1.81 bits per heavy atom. The Kier molecular flexibility index (Phi) is 3.13. The van der Waals surface area contributed by atoms with Crippen molar-refractivity contribution >= 4 is 23.7 Å². The zero-order chi connectivity index (χ0) is 14.1. The van der Waals surface area contributed by atoms with E-state index in [1.54, 1.807) is 0 Å². The fourth-order valence-electron chi connectivity index (χ4n) is 2.64. The first-order valence-corrected chi connectivity index (χ1v) is 7.96. The van der Waals surface area contributed by atoms with E-state index >= 15 is 0 Å². The van der Waals surface area contributed by atoms with Gasteiger partial charge >= 0.3 is 0 Å². The lowest BCUT2D eigenvalue weighted by atomic mass is 10.1. The second kappa shape index (κ2) is 5.26. The lowest BCUT2D eigenvalue weighted by molar-refractivity contribution is -0.411. The molecule has 2 aromatic carbocycles. The van der Waals surface area contributed by atoms with Crippen molar-refractivity contribution in [1.29, 1.82) is 0 Å². The first-order chi connectivity index (χ1) is 10.4. The van der Waals surface area contributed by atoms with E-state index in [0.717, 1.165) is 5.88 Å². The zero-order valence-electron chi connectivity index (χ0n) is 11.5. The number of rotatable bonds is 2. The van der Waals surface area contributed by atoms with Crippen molar-refractivity contribution in [3.63, 3.8) is 0 Å². The van der Waals surface area contributed by atoms with Crippen molar-refractivity contribution < 1.29 is 4.58 Å². The molecule has 0 atom stereocenters. The minimum atomic E-state index is 0.939. The van der Waals surface area contributed by atoms with E-state index in [1.165, 1.54) is 27.4 Å². The number of aromatic amines is 1. The highest BCUT2D eigenvalue weighted by atomic mass is 32.2. The fourth-order valence-corrected chi connectivity index (χ4v) is 3.75. The summed E-state index contributed by atoms with van der Waals surface area (Å²) in [5.41, 5.74) is 4.98. The van der Waals surface area contributed by atoms with Gasteiger partial charge in [-0.1, -0.05) is 42.1 Å². The molecule has 1 aliphatic heterocycles. The van der Waals surface area contributed by atoms with Crippen LogP contribution >= 0.6 is 11.8 Å². The predicted octanol–water partition coefficient (Wildman–Crippen LogP) is 4.51. The summed E-state index contributed by atoms with van der Waals surface area (Å²) in [6.45, 7) is 0. The Hall–Kier alpha value is -2.26. The molecule has 0 saturated carbocycles. The number of aromatic nitrogens is 1. The van der Waals surface area contributed by atoms with Crippen LogP contribution in [0.1, 0.15) is 5.56 Å². The van der Waals surface area contributed by atoms with E-state index in [1.807, 2.05) is 24.0 Å². The Balaban J connectivity index is 1.81. The molecule has 1 aliphatic rings. The lowest BCUT2D eigenvalue weighted by Gasteiger charge is -2.14. The van der Waals surface area contributed by atoms with E-state index in [4.69, 9.17) is 0 Å². The van der Waals surface area contributed by atoms with Crippen LogP contribution in [0.4, 0.5) is 5.69 Å². The van der Waals surface area contributed by atoms with Gasteiger partial charge in [0.1, 0.15) is 0 Å². The zero-order valence-corrected chi connectivity index (χ0v) is 12.3. The molecule has 4 rings (SSSR count). The topological polar surface area (TPSA) is 18.8 Å². The van der Waals surface area contributed by atoms with E-state index in [0.29, 0.717) is 0 Å². The maximum absolute atomic E-state index is 3.31. The summed E-state index contributed by atoms with van der Waals surface area (Å²) in [6.07, 6.45) is 4.22. The normalized spacial score (nSPS) is 13.6. The standard InChI is InChI=1S/C18H15N2S/c1-2-7-15(8-3-1)20-12-14-6-4-9-16(18(14)21-13-20)17-10-5-11-19-17/h1-12,19H,13H2/q+1. The molecule has 1 aromatic heterocycles. The summed E-state index contributed by atoms with van der Waals surface area (Å²) in [5.74, 6) is 0.939. The number of para-hydroxylation sites is 1. The average Bonchev–Trinajstić information content (AvgIpc) is 3.09. The molecule has 0 saturated heterocycles. The van der Waals surface area contributed by atoms with Gasteiger partial charge in [-0.3, -0.25) is 0 Å². The van der Waals surface area contributed by atoms with Crippen LogP contribution in [0.2, 0.25) is 0 Å². The smallest absolute Gasteiger partial charge is 0.205 e. The van der Waals surface area contributed by atoms with Gasteiger partial charge < -0.3 is 4.98 Å². The lowest BCUT2D eigenvalue weighted by Crippen LogP contribution is -2.13. The van der Waals surface area contributed by atoms with Crippen LogP contribution in [-0.4, -0.2) is 21.7 Å². The van der Waals surface area contributed by atoms with Crippen LogP contribution in [0.15, 0.2) is 71.8 Å². The van der Waals surface area contributed by atoms with Crippen LogP contribution in [0, 0.1) is 0 Å². The maximum atomic E-state index is 3.31. The van der Waals surface area contributed by atoms with E-state index < -0.39 is 0 Å². The number of nitrogens with zero attached hydrogens (tertiary/aromatic N) is 1. The molecule has 3 heteroatoms. The minimum Gasteiger partial charge on any atom is -0.361 e. The second-order valence-corrected chi connectivity index (χ2v) is 5.97. The van der Waals surface area contributed by atoms with Crippen molar-refractivity contribution in [2.75, 3.05) is 5.88 Å². The van der Waals surface area contributed by atoms with Crippen molar-refractivity contribution in [2.24, 2.45) is 0 Å². The first kappa shape index (κ1) is 12.5. The van der Waals surface area contributed by atoms with Gasteiger partial charge in [-0.05, 0) is 18.2 Å². The highest BCUT2D eigenvalue weighted by molar-refractivity contribution is 7.99. The van der Waals surface area contributed by atoms with E-state index in [-0.39, 0.29) is 0 Å².